The van der Waals surface area contributed by atoms with Gasteiger partial charge in [0.05, 0.1) is 11.5 Å². The first-order chi connectivity index (χ1) is 13.0. The number of anilines is 1. The molecule has 8 heteroatoms. The third kappa shape index (κ3) is 5.95. The lowest BCUT2D eigenvalue weighted by Gasteiger charge is -2.20. The van der Waals surface area contributed by atoms with E-state index in [-0.39, 0.29) is 30.1 Å². The number of amides is 1. The number of non-ortho nitro benzene ring substituents is 1. The molecule has 0 unspecified atom stereocenters. The van der Waals surface area contributed by atoms with Crippen molar-refractivity contribution in [2.75, 3.05) is 18.5 Å². The van der Waals surface area contributed by atoms with Crippen LogP contribution in [0.15, 0.2) is 66.4 Å². The molecule has 8 nitrogen and oxygen atoms in total. The summed E-state index contributed by atoms with van der Waals surface area (Å²) < 4.78 is 0. The Labute approximate surface area is 156 Å². The first kappa shape index (κ1) is 19.6. The molecule has 27 heavy (non-hydrogen) atoms. The van der Waals surface area contributed by atoms with Crippen LogP contribution in [0.2, 0.25) is 0 Å². The zero-order valence-corrected chi connectivity index (χ0v) is 14.4. The van der Waals surface area contributed by atoms with Crippen LogP contribution in [0.1, 0.15) is 5.56 Å². The van der Waals surface area contributed by atoms with Crippen molar-refractivity contribution >= 4 is 17.3 Å². The molecule has 2 aromatic rings. The van der Waals surface area contributed by atoms with Gasteiger partial charge >= 0.3 is 0 Å². The number of nitrogens with one attached hydrogen (secondary N) is 1. The van der Waals surface area contributed by atoms with Gasteiger partial charge in [-0.2, -0.15) is 5.26 Å². The second-order valence-electron chi connectivity index (χ2n) is 5.60. The standard InChI is InChI=1S/C19H18N4O4/c20-12-16(14-22(9-10-24)13-15-5-2-1-3-6-15)19(25)21-17-7-4-8-18(11-17)23(26)27/h1-8,11,14,24H,9-10,13H2,(H,21,25)/b16-14-. The van der Waals surface area contributed by atoms with E-state index in [1.807, 2.05) is 36.4 Å². The lowest BCUT2D eigenvalue weighted by atomic mass is 10.2. The van der Waals surface area contributed by atoms with E-state index in [4.69, 9.17) is 0 Å². The molecule has 0 aliphatic carbocycles. The Balaban J connectivity index is 2.16. The largest absolute Gasteiger partial charge is 0.395 e. The smallest absolute Gasteiger partial charge is 0.271 e. The van der Waals surface area contributed by atoms with Crippen LogP contribution < -0.4 is 5.32 Å². The van der Waals surface area contributed by atoms with E-state index < -0.39 is 10.8 Å². The quantitative estimate of drug-likeness (QED) is 0.320. The molecule has 0 fully saturated rings. The molecule has 2 rings (SSSR count). The Bertz CT molecular complexity index is 875. The van der Waals surface area contributed by atoms with Crippen molar-refractivity contribution in [1.29, 1.82) is 5.26 Å². The maximum absolute atomic E-state index is 12.4. The van der Waals surface area contributed by atoms with Gasteiger partial charge in [-0.25, -0.2) is 0 Å². The van der Waals surface area contributed by atoms with Crippen molar-refractivity contribution in [3.63, 3.8) is 0 Å². The van der Waals surface area contributed by atoms with E-state index in [9.17, 15) is 25.3 Å². The van der Waals surface area contributed by atoms with Crippen LogP contribution in [0.5, 0.6) is 0 Å². The molecule has 0 aliphatic rings. The Morgan fingerprint density at radius 1 is 1.26 bits per heavy atom. The lowest BCUT2D eigenvalue weighted by Crippen LogP contribution is -2.24. The zero-order chi connectivity index (χ0) is 19.6. The Morgan fingerprint density at radius 2 is 2.00 bits per heavy atom. The van der Waals surface area contributed by atoms with Crippen molar-refractivity contribution in [1.82, 2.24) is 4.90 Å². The van der Waals surface area contributed by atoms with E-state index in [0.29, 0.717) is 6.54 Å². The lowest BCUT2D eigenvalue weighted by molar-refractivity contribution is -0.384. The average molecular weight is 366 g/mol. The average Bonchev–Trinajstić information content (AvgIpc) is 2.67. The number of hydrogen-bond donors (Lipinski definition) is 2. The van der Waals surface area contributed by atoms with Crippen LogP contribution in [-0.2, 0) is 11.3 Å². The summed E-state index contributed by atoms with van der Waals surface area (Å²) in [6, 6.07) is 16.7. The summed E-state index contributed by atoms with van der Waals surface area (Å²) in [5.74, 6) is -0.686. The monoisotopic (exact) mass is 366 g/mol. The first-order valence-electron chi connectivity index (χ1n) is 8.10. The Morgan fingerprint density at radius 3 is 2.63 bits per heavy atom. The summed E-state index contributed by atoms with van der Waals surface area (Å²) in [6.07, 6.45) is 1.37. The fourth-order valence-corrected chi connectivity index (χ4v) is 2.35. The summed E-state index contributed by atoms with van der Waals surface area (Å²) >= 11 is 0. The number of carbonyl (C=O) groups excluding carboxylic acids is 1. The van der Waals surface area contributed by atoms with Gasteiger partial charge in [0.15, 0.2) is 0 Å². The minimum absolute atomic E-state index is 0.144. The van der Waals surface area contributed by atoms with Gasteiger partial charge in [0, 0.05) is 37.1 Å². The number of nitro benzene ring substituents is 1. The van der Waals surface area contributed by atoms with Crippen LogP contribution in [0.25, 0.3) is 0 Å². The van der Waals surface area contributed by atoms with Crippen molar-refractivity contribution in [2.45, 2.75) is 6.54 Å². The molecule has 2 aromatic carbocycles. The minimum atomic E-state index is -0.686. The summed E-state index contributed by atoms with van der Waals surface area (Å²) in [5.41, 5.74) is 0.831. The van der Waals surface area contributed by atoms with Crippen LogP contribution in [0, 0.1) is 21.4 Å². The van der Waals surface area contributed by atoms with Gasteiger partial charge in [-0.05, 0) is 11.6 Å². The fraction of sp³-hybridized carbons (Fsp3) is 0.158. The first-order valence-corrected chi connectivity index (χ1v) is 8.10. The van der Waals surface area contributed by atoms with E-state index in [1.165, 1.54) is 30.5 Å². The fourth-order valence-electron chi connectivity index (χ4n) is 2.35. The second-order valence-corrected chi connectivity index (χ2v) is 5.60. The number of carbonyl (C=O) groups is 1. The number of nitriles is 1. The molecule has 0 spiro atoms. The molecule has 1 amide bonds. The van der Waals surface area contributed by atoms with E-state index >= 15 is 0 Å². The molecule has 0 aliphatic heterocycles. The minimum Gasteiger partial charge on any atom is -0.395 e. The third-order valence-corrected chi connectivity index (χ3v) is 3.61. The second kappa shape index (κ2) is 9.70. The van der Waals surface area contributed by atoms with Gasteiger partial charge in [0.1, 0.15) is 11.6 Å². The number of rotatable bonds is 8. The number of aliphatic hydroxyl groups excluding tert-OH is 1. The van der Waals surface area contributed by atoms with Gasteiger partial charge < -0.3 is 15.3 Å². The summed E-state index contributed by atoms with van der Waals surface area (Å²) in [4.78, 5) is 24.3. The highest BCUT2D eigenvalue weighted by Gasteiger charge is 2.14. The molecule has 0 saturated carbocycles. The van der Waals surface area contributed by atoms with Crippen LogP contribution in [-0.4, -0.2) is 34.0 Å². The van der Waals surface area contributed by atoms with E-state index in [0.717, 1.165) is 5.56 Å². The molecule has 2 N–H and O–H groups in total. The third-order valence-electron chi connectivity index (χ3n) is 3.61. The number of hydrogen-bond acceptors (Lipinski definition) is 6. The van der Waals surface area contributed by atoms with Crippen LogP contribution in [0.4, 0.5) is 11.4 Å². The van der Waals surface area contributed by atoms with Crippen LogP contribution in [0.3, 0.4) is 0 Å². The molecule has 0 atom stereocenters. The maximum Gasteiger partial charge on any atom is 0.271 e. The number of aliphatic hydroxyl groups is 1. The van der Waals surface area contributed by atoms with Crippen molar-refractivity contribution in [2.24, 2.45) is 0 Å². The SMILES string of the molecule is N#C/C(=C/N(CCO)Cc1ccccc1)C(=O)Nc1cccc([N+](=O)[O-])c1. The number of nitro groups is 1. The van der Waals surface area contributed by atoms with Gasteiger partial charge in [-0.1, -0.05) is 36.4 Å². The van der Waals surface area contributed by atoms with E-state index in [1.54, 1.807) is 4.90 Å². The topological polar surface area (TPSA) is 120 Å². The molecular weight excluding hydrogens is 348 g/mol. The van der Waals surface area contributed by atoms with Crippen molar-refractivity contribution in [3.05, 3.63) is 82.0 Å². The predicted octanol–water partition coefficient (Wildman–Crippen LogP) is 2.44. The highest BCUT2D eigenvalue weighted by molar-refractivity contribution is 6.06. The molecule has 0 radical (unpaired) electrons. The van der Waals surface area contributed by atoms with Crippen molar-refractivity contribution < 1.29 is 14.8 Å². The number of nitrogens with zero attached hydrogens (tertiary/aromatic N) is 3. The van der Waals surface area contributed by atoms with Crippen molar-refractivity contribution in [3.8, 4) is 6.07 Å². The molecule has 0 bridgehead atoms. The molecule has 138 valence electrons. The van der Waals surface area contributed by atoms with Crippen LogP contribution >= 0.6 is 0 Å². The number of benzene rings is 2. The van der Waals surface area contributed by atoms with Gasteiger partial charge in [0.2, 0.25) is 0 Å². The highest BCUT2D eigenvalue weighted by Crippen LogP contribution is 2.18. The maximum atomic E-state index is 12.4. The van der Waals surface area contributed by atoms with Gasteiger partial charge in [-0.3, -0.25) is 14.9 Å². The Kier molecular flexibility index (Phi) is 7.05. The molecule has 0 heterocycles. The molecule has 0 aromatic heterocycles. The summed E-state index contributed by atoms with van der Waals surface area (Å²) in [7, 11) is 0. The van der Waals surface area contributed by atoms with Gasteiger partial charge in [0.25, 0.3) is 11.6 Å². The zero-order valence-electron chi connectivity index (χ0n) is 14.4. The molecule has 0 saturated heterocycles. The van der Waals surface area contributed by atoms with Gasteiger partial charge in [-0.15, -0.1) is 0 Å². The summed E-state index contributed by atoms with van der Waals surface area (Å²) in [6.45, 7) is 0.509. The predicted molar refractivity (Wildman–Crippen MR) is 99.4 cm³/mol. The molecular formula is C19H18N4O4. The van der Waals surface area contributed by atoms with E-state index in [2.05, 4.69) is 5.32 Å². The normalized spacial score (nSPS) is 10.7. The highest BCUT2D eigenvalue weighted by atomic mass is 16.6. The Hall–Kier alpha value is -3.70. The summed E-state index contributed by atoms with van der Waals surface area (Å²) in [5, 5.41) is 31.9.